The molecule has 0 aliphatic rings. The molecule has 0 heterocycles. The Morgan fingerprint density at radius 2 is 1.50 bits per heavy atom. The predicted octanol–water partition coefficient (Wildman–Crippen LogP) is 5.96. The van der Waals surface area contributed by atoms with Gasteiger partial charge in [0.25, 0.3) is 10.1 Å². The van der Waals surface area contributed by atoms with E-state index in [1.807, 2.05) is 0 Å². The average Bonchev–Trinajstić information content (AvgIpc) is 2.47. The molecule has 0 fully saturated rings. The van der Waals surface area contributed by atoms with Gasteiger partial charge in [0.15, 0.2) is 0 Å². The Morgan fingerprint density at radius 1 is 0.864 bits per heavy atom. The van der Waals surface area contributed by atoms with Gasteiger partial charge in [-0.2, -0.15) is 8.42 Å². The van der Waals surface area contributed by atoms with Gasteiger partial charge < -0.3 is 0 Å². The Morgan fingerprint density at radius 3 is 2.09 bits per heavy atom. The molecule has 2 aromatic carbocycles. The van der Waals surface area contributed by atoms with Gasteiger partial charge in [0.1, 0.15) is 4.90 Å². The van der Waals surface area contributed by atoms with Crippen LogP contribution < -0.4 is 0 Å². The zero-order valence-electron chi connectivity index (χ0n) is 10.8. The first-order chi connectivity index (χ1) is 10.2. The van der Waals surface area contributed by atoms with Gasteiger partial charge in [0.2, 0.25) is 0 Å². The second kappa shape index (κ2) is 6.73. The highest BCUT2D eigenvalue weighted by Crippen LogP contribution is 2.43. The smallest absolute Gasteiger partial charge is 0.270 e. The van der Waals surface area contributed by atoms with E-state index in [4.69, 9.17) is 58.0 Å². The summed E-state index contributed by atoms with van der Waals surface area (Å²) in [5, 5.41) is 0.606. The quantitative estimate of drug-likeness (QED) is 0.455. The summed E-state index contributed by atoms with van der Waals surface area (Å²) in [7, 11) is -3.01. The average molecular weight is 421 g/mol. The van der Waals surface area contributed by atoms with E-state index in [0.717, 1.165) is 7.11 Å². The van der Waals surface area contributed by atoms with Crippen LogP contribution in [-0.2, 0) is 14.3 Å². The Hall–Kier alpha value is -0.200. The SMILES string of the molecule is COS(=O)(=O)c1cc(Cl)cc(-c2ccc(Cl)c(Cl)c2Cl)c1Cl. The summed E-state index contributed by atoms with van der Waals surface area (Å²) in [5.74, 6) is 0. The van der Waals surface area contributed by atoms with Crippen LogP contribution in [0.15, 0.2) is 29.2 Å². The molecule has 2 aromatic rings. The molecule has 0 spiro atoms. The highest BCUT2D eigenvalue weighted by Gasteiger charge is 2.23. The zero-order valence-corrected chi connectivity index (χ0v) is 15.4. The van der Waals surface area contributed by atoms with Gasteiger partial charge in [-0.15, -0.1) is 0 Å². The summed E-state index contributed by atoms with van der Waals surface area (Å²) in [6.07, 6.45) is 0. The Bertz CT molecular complexity index is 849. The van der Waals surface area contributed by atoms with Crippen LogP contribution in [0.3, 0.4) is 0 Å². The topological polar surface area (TPSA) is 43.4 Å². The molecule has 0 atom stereocenters. The first kappa shape index (κ1) is 18.1. The van der Waals surface area contributed by atoms with Crippen molar-refractivity contribution in [1.82, 2.24) is 0 Å². The van der Waals surface area contributed by atoms with Gasteiger partial charge in [0, 0.05) is 16.1 Å². The van der Waals surface area contributed by atoms with Gasteiger partial charge in [-0.25, -0.2) is 0 Å². The molecular formula is C13H7Cl5O3S. The third-order valence-electron chi connectivity index (χ3n) is 2.82. The van der Waals surface area contributed by atoms with Gasteiger partial charge >= 0.3 is 0 Å². The lowest BCUT2D eigenvalue weighted by Crippen LogP contribution is -2.04. The first-order valence-electron chi connectivity index (χ1n) is 5.62. The van der Waals surface area contributed by atoms with E-state index in [2.05, 4.69) is 4.18 Å². The minimum atomic E-state index is -4.03. The van der Waals surface area contributed by atoms with Crippen LogP contribution in [0.5, 0.6) is 0 Å². The lowest BCUT2D eigenvalue weighted by atomic mass is 10.1. The van der Waals surface area contributed by atoms with Gasteiger partial charge in [-0.1, -0.05) is 64.1 Å². The fraction of sp³-hybridized carbons (Fsp3) is 0.0769. The van der Waals surface area contributed by atoms with E-state index in [1.54, 1.807) is 6.07 Å². The molecule has 0 N–H and O–H groups in total. The molecule has 0 saturated heterocycles. The van der Waals surface area contributed by atoms with Crippen LogP contribution in [0.25, 0.3) is 11.1 Å². The van der Waals surface area contributed by atoms with Crippen LogP contribution in [0.2, 0.25) is 25.1 Å². The maximum atomic E-state index is 11.9. The number of hydrogen-bond donors (Lipinski definition) is 0. The van der Waals surface area contributed by atoms with Crippen molar-refractivity contribution in [3.8, 4) is 11.1 Å². The molecular weight excluding hydrogens is 413 g/mol. The van der Waals surface area contributed by atoms with E-state index in [-0.39, 0.29) is 30.0 Å². The van der Waals surface area contributed by atoms with Crippen molar-refractivity contribution in [3.63, 3.8) is 0 Å². The number of halogens is 5. The van der Waals surface area contributed by atoms with E-state index in [0.29, 0.717) is 11.1 Å². The summed E-state index contributed by atoms with van der Waals surface area (Å²) in [4.78, 5) is -0.263. The molecule has 0 radical (unpaired) electrons. The summed E-state index contributed by atoms with van der Waals surface area (Å²) >= 11 is 30.2. The van der Waals surface area contributed by atoms with Crippen molar-refractivity contribution in [2.45, 2.75) is 4.90 Å². The monoisotopic (exact) mass is 418 g/mol. The number of hydrogen-bond acceptors (Lipinski definition) is 3. The van der Waals surface area contributed by atoms with E-state index >= 15 is 0 Å². The Labute approximate surface area is 152 Å². The fourth-order valence-corrected chi connectivity index (χ4v) is 3.96. The maximum absolute atomic E-state index is 11.9. The molecule has 3 nitrogen and oxygen atoms in total. The lowest BCUT2D eigenvalue weighted by molar-refractivity contribution is 0.398. The summed E-state index contributed by atoms with van der Waals surface area (Å²) in [6, 6.07) is 5.76. The lowest BCUT2D eigenvalue weighted by Gasteiger charge is -2.13. The number of rotatable bonds is 3. The molecule has 0 saturated carbocycles. The highest BCUT2D eigenvalue weighted by molar-refractivity contribution is 7.86. The van der Waals surface area contributed by atoms with Gasteiger partial charge in [-0.3, -0.25) is 4.18 Å². The van der Waals surface area contributed by atoms with Crippen molar-refractivity contribution in [1.29, 1.82) is 0 Å². The van der Waals surface area contributed by atoms with Crippen LogP contribution in [0.4, 0.5) is 0 Å². The van der Waals surface area contributed by atoms with Crippen LogP contribution >= 0.6 is 58.0 Å². The standard InChI is InChI=1S/C13H7Cl5O3S/c1-21-22(19,20)10-5-6(14)4-8(11(10)16)7-2-3-9(15)13(18)12(7)17/h2-5H,1H3. The van der Waals surface area contributed by atoms with E-state index < -0.39 is 10.1 Å². The fourth-order valence-electron chi connectivity index (χ4n) is 1.77. The molecule has 0 aromatic heterocycles. The van der Waals surface area contributed by atoms with E-state index in [1.165, 1.54) is 18.2 Å². The van der Waals surface area contributed by atoms with Crippen LogP contribution in [0, 0.1) is 0 Å². The predicted molar refractivity (Wildman–Crippen MR) is 91.1 cm³/mol. The van der Waals surface area contributed by atoms with Crippen LogP contribution in [-0.4, -0.2) is 15.5 Å². The highest BCUT2D eigenvalue weighted by atomic mass is 35.5. The van der Waals surface area contributed by atoms with Crippen molar-refractivity contribution in [2.24, 2.45) is 0 Å². The van der Waals surface area contributed by atoms with Crippen molar-refractivity contribution < 1.29 is 12.6 Å². The molecule has 0 aliphatic heterocycles. The molecule has 0 bridgehead atoms. The second-order valence-corrected chi connectivity index (χ2v) is 7.77. The van der Waals surface area contributed by atoms with E-state index in [9.17, 15) is 8.42 Å². The minimum absolute atomic E-state index is 0.0773. The largest absolute Gasteiger partial charge is 0.298 e. The van der Waals surface area contributed by atoms with Crippen LogP contribution in [0.1, 0.15) is 0 Å². The van der Waals surface area contributed by atoms with Gasteiger partial charge in [0.05, 0.1) is 27.2 Å². The summed E-state index contributed by atoms with van der Waals surface area (Å²) < 4.78 is 28.3. The number of benzene rings is 2. The summed E-state index contributed by atoms with van der Waals surface area (Å²) in [6.45, 7) is 0. The third kappa shape index (κ3) is 3.34. The van der Waals surface area contributed by atoms with Crippen molar-refractivity contribution >= 4 is 68.1 Å². The first-order valence-corrected chi connectivity index (χ1v) is 8.92. The molecule has 0 unspecified atom stereocenters. The minimum Gasteiger partial charge on any atom is -0.270 e. The van der Waals surface area contributed by atoms with Crippen molar-refractivity contribution in [2.75, 3.05) is 7.11 Å². The normalized spacial score (nSPS) is 11.7. The molecule has 9 heteroatoms. The second-order valence-electron chi connectivity index (χ2n) is 4.11. The maximum Gasteiger partial charge on any atom is 0.298 e. The molecule has 22 heavy (non-hydrogen) atoms. The molecule has 0 amide bonds. The van der Waals surface area contributed by atoms with Gasteiger partial charge in [-0.05, 0) is 18.2 Å². The zero-order chi connectivity index (χ0) is 16.7. The Kier molecular flexibility index (Phi) is 5.55. The molecule has 0 aliphatic carbocycles. The molecule has 2 rings (SSSR count). The molecule has 118 valence electrons. The van der Waals surface area contributed by atoms with Crippen molar-refractivity contribution in [3.05, 3.63) is 49.4 Å². The Balaban J connectivity index is 2.81. The summed E-state index contributed by atoms with van der Waals surface area (Å²) in [5.41, 5.74) is 0.699. The third-order valence-corrected chi connectivity index (χ3v) is 6.15.